The lowest BCUT2D eigenvalue weighted by Crippen LogP contribution is -2.27. The zero-order chi connectivity index (χ0) is 25.4. The van der Waals surface area contributed by atoms with E-state index in [1.54, 1.807) is 0 Å². The van der Waals surface area contributed by atoms with Crippen molar-refractivity contribution in [2.45, 2.75) is 90.8 Å². The van der Waals surface area contributed by atoms with E-state index in [9.17, 15) is 0 Å². The Morgan fingerprint density at radius 3 is 2.11 bits per heavy atom. The van der Waals surface area contributed by atoms with Crippen LogP contribution in [-0.4, -0.2) is 19.8 Å². The van der Waals surface area contributed by atoms with Gasteiger partial charge in [0.25, 0.3) is 0 Å². The highest BCUT2D eigenvalue weighted by molar-refractivity contribution is 5.64. The van der Waals surface area contributed by atoms with Gasteiger partial charge in [-0.25, -0.2) is 0 Å². The molecule has 1 aliphatic rings. The number of benzene rings is 2. The van der Waals surface area contributed by atoms with Gasteiger partial charge < -0.3 is 14.2 Å². The molecule has 0 aliphatic carbocycles. The van der Waals surface area contributed by atoms with Crippen LogP contribution in [0.1, 0.15) is 96.3 Å². The quantitative estimate of drug-likeness (QED) is 0.162. The molecule has 2 aromatic carbocycles. The van der Waals surface area contributed by atoms with Gasteiger partial charge in [-0.15, -0.1) is 6.58 Å². The standard InChI is InChI=1S/C33H48O3/c1-4-6-7-8-9-10-11-12-24-34-32-22-20-30(21-23-32)29-16-18-31(19-17-29)33-35-25-28(26-36-33)15-13-14-27(3)5-2/h4,16-23,27-28,33H,1,5-15,24-26H2,2-3H3/t27-,28?,33?/m0/s1. The van der Waals surface area contributed by atoms with E-state index >= 15 is 0 Å². The normalized spacial score (nSPS) is 18.6. The lowest BCUT2D eigenvalue weighted by atomic mass is 9.96. The second-order valence-corrected chi connectivity index (χ2v) is 10.5. The summed E-state index contributed by atoms with van der Waals surface area (Å²) in [6.07, 6.45) is 15.5. The highest BCUT2D eigenvalue weighted by Crippen LogP contribution is 2.30. The van der Waals surface area contributed by atoms with Crippen molar-refractivity contribution >= 4 is 0 Å². The van der Waals surface area contributed by atoms with Crippen molar-refractivity contribution in [3.63, 3.8) is 0 Å². The number of hydrogen-bond acceptors (Lipinski definition) is 3. The molecule has 1 saturated heterocycles. The number of rotatable bonds is 17. The molecule has 1 fully saturated rings. The molecule has 198 valence electrons. The van der Waals surface area contributed by atoms with Crippen molar-refractivity contribution in [2.75, 3.05) is 19.8 Å². The molecule has 1 atom stereocenters. The third-order valence-corrected chi connectivity index (χ3v) is 7.41. The molecule has 0 bridgehead atoms. The lowest BCUT2D eigenvalue weighted by Gasteiger charge is -2.30. The van der Waals surface area contributed by atoms with Gasteiger partial charge in [0, 0.05) is 11.5 Å². The third-order valence-electron chi connectivity index (χ3n) is 7.41. The summed E-state index contributed by atoms with van der Waals surface area (Å²) in [5.74, 6) is 2.30. The first kappa shape index (κ1) is 28.5. The average molecular weight is 493 g/mol. The molecule has 0 unspecified atom stereocenters. The smallest absolute Gasteiger partial charge is 0.183 e. The monoisotopic (exact) mass is 492 g/mol. The average Bonchev–Trinajstić information content (AvgIpc) is 2.93. The van der Waals surface area contributed by atoms with Crippen molar-refractivity contribution in [1.29, 1.82) is 0 Å². The zero-order valence-electron chi connectivity index (χ0n) is 22.8. The highest BCUT2D eigenvalue weighted by Gasteiger charge is 2.23. The van der Waals surface area contributed by atoms with E-state index in [2.05, 4.69) is 69.0 Å². The third kappa shape index (κ3) is 10.1. The first-order valence-corrected chi connectivity index (χ1v) is 14.4. The summed E-state index contributed by atoms with van der Waals surface area (Å²) in [5.41, 5.74) is 3.48. The molecule has 36 heavy (non-hydrogen) atoms. The second kappa shape index (κ2) is 16.6. The highest BCUT2D eigenvalue weighted by atomic mass is 16.7. The molecule has 0 aromatic heterocycles. The van der Waals surface area contributed by atoms with Crippen LogP contribution >= 0.6 is 0 Å². The topological polar surface area (TPSA) is 27.7 Å². The Bertz CT molecular complexity index is 834. The van der Waals surface area contributed by atoms with E-state index < -0.39 is 0 Å². The van der Waals surface area contributed by atoms with Crippen LogP contribution in [0.5, 0.6) is 5.75 Å². The van der Waals surface area contributed by atoms with Gasteiger partial charge in [0.1, 0.15) is 5.75 Å². The summed E-state index contributed by atoms with van der Waals surface area (Å²) in [7, 11) is 0. The first-order chi connectivity index (χ1) is 17.7. The van der Waals surface area contributed by atoms with Crippen LogP contribution in [-0.2, 0) is 9.47 Å². The predicted octanol–water partition coefficient (Wildman–Crippen LogP) is 9.53. The Kier molecular flexibility index (Phi) is 13.1. The molecule has 0 saturated carbocycles. The van der Waals surface area contributed by atoms with Gasteiger partial charge in [-0.1, -0.05) is 101 Å². The van der Waals surface area contributed by atoms with Gasteiger partial charge in [-0.2, -0.15) is 0 Å². The van der Waals surface area contributed by atoms with Gasteiger partial charge in [-0.3, -0.25) is 0 Å². The molecule has 0 N–H and O–H groups in total. The van der Waals surface area contributed by atoms with E-state index in [0.717, 1.165) is 49.9 Å². The maximum Gasteiger partial charge on any atom is 0.183 e. The summed E-state index contributed by atoms with van der Waals surface area (Å²) in [4.78, 5) is 0. The van der Waals surface area contributed by atoms with Gasteiger partial charge >= 0.3 is 0 Å². The van der Waals surface area contributed by atoms with Crippen molar-refractivity contribution in [1.82, 2.24) is 0 Å². The Balaban J connectivity index is 1.35. The summed E-state index contributed by atoms with van der Waals surface area (Å²) < 4.78 is 18.1. The largest absolute Gasteiger partial charge is 0.494 e. The van der Waals surface area contributed by atoms with E-state index in [4.69, 9.17) is 14.2 Å². The summed E-state index contributed by atoms with van der Waals surface area (Å²) in [6, 6.07) is 17.0. The van der Waals surface area contributed by atoms with Gasteiger partial charge in [-0.05, 0) is 54.9 Å². The molecule has 3 nitrogen and oxygen atoms in total. The van der Waals surface area contributed by atoms with Crippen molar-refractivity contribution < 1.29 is 14.2 Å². The minimum Gasteiger partial charge on any atom is -0.494 e. The molecular weight excluding hydrogens is 444 g/mol. The zero-order valence-corrected chi connectivity index (χ0v) is 22.8. The Labute approximate surface area is 220 Å². The van der Waals surface area contributed by atoms with Crippen LogP contribution in [0, 0.1) is 11.8 Å². The molecule has 1 heterocycles. The van der Waals surface area contributed by atoms with E-state index in [-0.39, 0.29) is 6.29 Å². The Hall–Kier alpha value is -2.10. The summed E-state index contributed by atoms with van der Waals surface area (Å²) in [5, 5.41) is 0. The minimum absolute atomic E-state index is 0.243. The van der Waals surface area contributed by atoms with Crippen LogP contribution in [0.3, 0.4) is 0 Å². The second-order valence-electron chi connectivity index (χ2n) is 10.5. The first-order valence-electron chi connectivity index (χ1n) is 14.4. The van der Waals surface area contributed by atoms with Crippen molar-refractivity contribution in [3.05, 3.63) is 66.7 Å². The maximum absolute atomic E-state index is 6.06. The molecule has 1 aliphatic heterocycles. The molecule has 2 aromatic rings. The Morgan fingerprint density at radius 2 is 1.47 bits per heavy atom. The maximum atomic E-state index is 6.06. The van der Waals surface area contributed by atoms with E-state index in [1.165, 1.54) is 68.9 Å². The predicted molar refractivity (Wildman–Crippen MR) is 151 cm³/mol. The number of allylic oxidation sites excluding steroid dienone is 1. The lowest BCUT2D eigenvalue weighted by molar-refractivity contribution is -0.206. The summed E-state index contributed by atoms with van der Waals surface area (Å²) in [6.45, 7) is 10.8. The number of unbranched alkanes of at least 4 members (excludes halogenated alkanes) is 6. The van der Waals surface area contributed by atoms with Crippen LogP contribution in [0.2, 0.25) is 0 Å². The molecule has 0 spiro atoms. The molecule has 3 rings (SSSR count). The molecule has 0 radical (unpaired) electrons. The van der Waals surface area contributed by atoms with Gasteiger partial charge in [0.05, 0.1) is 19.8 Å². The van der Waals surface area contributed by atoms with E-state index in [0.29, 0.717) is 5.92 Å². The fourth-order valence-corrected chi connectivity index (χ4v) is 4.73. The van der Waals surface area contributed by atoms with E-state index in [1.807, 2.05) is 6.08 Å². The van der Waals surface area contributed by atoms with Crippen molar-refractivity contribution in [3.8, 4) is 16.9 Å². The minimum atomic E-state index is -0.243. The molecular formula is C33H48O3. The van der Waals surface area contributed by atoms with Crippen LogP contribution < -0.4 is 4.74 Å². The SMILES string of the molecule is C=CCCCCCCCCOc1ccc(-c2ccc(C3OCC(CCC[C@@H](C)CC)CO3)cc2)cc1. The number of hydrogen-bond donors (Lipinski definition) is 0. The van der Waals surface area contributed by atoms with Gasteiger partial charge in [0.15, 0.2) is 6.29 Å². The fraction of sp³-hybridized carbons (Fsp3) is 0.576. The number of ether oxygens (including phenoxy) is 3. The Morgan fingerprint density at radius 1 is 0.861 bits per heavy atom. The van der Waals surface area contributed by atoms with Crippen LogP contribution in [0.4, 0.5) is 0 Å². The molecule has 3 heteroatoms. The fourth-order valence-electron chi connectivity index (χ4n) is 4.73. The van der Waals surface area contributed by atoms with Crippen LogP contribution in [0.25, 0.3) is 11.1 Å². The van der Waals surface area contributed by atoms with Crippen LogP contribution in [0.15, 0.2) is 61.2 Å². The summed E-state index contributed by atoms with van der Waals surface area (Å²) >= 11 is 0. The molecule has 0 amide bonds. The van der Waals surface area contributed by atoms with Crippen molar-refractivity contribution in [2.24, 2.45) is 11.8 Å². The van der Waals surface area contributed by atoms with Gasteiger partial charge in [0.2, 0.25) is 0 Å².